The van der Waals surface area contributed by atoms with E-state index in [0.29, 0.717) is 6.42 Å². The lowest BCUT2D eigenvalue weighted by molar-refractivity contribution is 0.584. The van der Waals surface area contributed by atoms with E-state index in [4.69, 9.17) is 5.73 Å². The third-order valence-corrected chi connectivity index (χ3v) is 5.46. The highest BCUT2D eigenvalue weighted by Gasteiger charge is 2.36. The standard InChI is InChI=1S/C14H15N3O2S/c1-10-9-11-5-2-3-6-12(11)17(10)20(18,19)13-7-4-8-16-14(13)15/h2-8,10H,9H2,1H3,(H2,15,16). The maximum absolute atomic E-state index is 12.8. The molecule has 104 valence electrons. The van der Waals surface area contributed by atoms with Gasteiger partial charge < -0.3 is 5.73 Å². The quantitative estimate of drug-likeness (QED) is 0.914. The van der Waals surface area contributed by atoms with E-state index in [2.05, 4.69) is 4.98 Å². The van der Waals surface area contributed by atoms with Crippen LogP contribution in [0.4, 0.5) is 11.5 Å². The predicted molar refractivity (Wildman–Crippen MR) is 77.9 cm³/mol. The molecule has 0 fully saturated rings. The van der Waals surface area contributed by atoms with Gasteiger partial charge in [-0.25, -0.2) is 13.4 Å². The zero-order valence-corrected chi connectivity index (χ0v) is 11.8. The van der Waals surface area contributed by atoms with E-state index in [0.717, 1.165) is 11.3 Å². The third kappa shape index (κ3) is 1.84. The van der Waals surface area contributed by atoms with Crippen LogP contribution in [0.3, 0.4) is 0 Å². The van der Waals surface area contributed by atoms with Gasteiger partial charge in [0, 0.05) is 12.2 Å². The van der Waals surface area contributed by atoms with Gasteiger partial charge in [0.25, 0.3) is 10.0 Å². The normalized spacial score (nSPS) is 18.1. The van der Waals surface area contributed by atoms with Gasteiger partial charge in [0.2, 0.25) is 0 Å². The number of hydrogen-bond donors (Lipinski definition) is 1. The lowest BCUT2D eigenvalue weighted by Crippen LogP contribution is -2.36. The summed E-state index contributed by atoms with van der Waals surface area (Å²) in [6.07, 6.45) is 2.19. The smallest absolute Gasteiger partial charge is 0.268 e. The van der Waals surface area contributed by atoms with Crippen LogP contribution >= 0.6 is 0 Å². The predicted octanol–water partition coefficient (Wildman–Crippen LogP) is 1.80. The van der Waals surface area contributed by atoms with Gasteiger partial charge in [-0.3, -0.25) is 4.31 Å². The summed E-state index contributed by atoms with van der Waals surface area (Å²) in [5, 5.41) is 0. The highest BCUT2D eigenvalue weighted by Crippen LogP contribution is 2.37. The monoisotopic (exact) mass is 289 g/mol. The van der Waals surface area contributed by atoms with Crippen LogP contribution < -0.4 is 10.0 Å². The zero-order chi connectivity index (χ0) is 14.3. The Morgan fingerprint density at radius 3 is 2.75 bits per heavy atom. The van der Waals surface area contributed by atoms with Gasteiger partial charge in [-0.2, -0.15) is 0 Å². The van der Waals surface area contributed by atoms with E-state index < -0.39 is 10.0 Å². The molecule has 20 heavy (non-hydrogen) atoms. The molecule has 1 atom stereocenters. The molecule has 0 amide bonds. The summed E-state index contributed by atoms with van der Waals surface area (Å²) in [6, 6.07) is 10.5. The lowest BCUT2D eigenvalue weighted by atomic mass is 10.1. The minimum atomic E-state index is -3.69. The molecule has 2 heterocycles. The Bertz CT molecular complexity index is 759. The fourth-order valence-electron chi connectivity index (χ4n) is 2.63. The van der Waals surface area contributed by atoms with Gasteiger partial charge in [-0.1, -0.05) is 18.2 Å². The summed E-state index contributed by atoms with van der Waals surface area (Å²) in [6.45, 7) is 1.89. The van der Waals surface area contributed by atoms with Crippen molar-refractivity contribution < 1.29 is 8.42 Å². The summed E-state index contributed by atoms with van der Waals surface area (Å²) >= 11 is 0. The number of para-hydroxylation sites is 1. The van der Waals surface area contributed by atoms with E-state index in [1.54, 1.807) is 6.07 Å². The van der Waals surface area contributed by atoms with Crippen LogP contribution in [0.5, 0.6) is 0 Å². The summed E-state index contributed by atoms with van der Waals surface area (Å²) in [5.41, 5.74) is 7.48. The van der Waals surface area contributed by atoms with Gasteiger partial charge in [0.1, 0.15) is 10.7 Å². The molecule has 0 saturated carbocycles. The molecular weight excluding hydrogens is 274 g/mol. The molecule has 1 aromatic heterocycles. The Morgan fingerprint density at radius 1 is 1.25 bits per heavy atom. The van der Waals surface area contributed by atoms with Crippen molar-refractivity contribution >= 4 is 21.5 Å². The molecule has 3 rings (SSSR count). The SMILES string of the molecule is CC1Cc2ccccc2N1S(=O)(=O)c1cccnc1N. The number of nitrogens with zero attached hydrogens (tertiary/aromatic N) is 2. The molecule has 1 aliphatic rings. The first-order valence-corrected chi connectivity index (χ1v) is 7.78. The molecule has 2 aromatic rings. The second kappa shape index (κ2) is 4.49. The second-order valence-corrected chi connectivity index (χ2v) is 6.65. The first-order valence-electron chi connectivity index (χ1n) is 6.34. The van der Waals surface area contributed by atoms with Crippen LogP contribution in [0, 0.1) is 0 Å². The number of fused-ring (bicyclic) bond motifs is 1. The zero-order valence-electron chi connectivity index (χ0n) is 11.0. The van der Waals surface area contributed by atoms with Crippen molar-refractivity contribution in [2.75, 3.05) is 10.0 Å². The highest BCUT2D eigenvalue weighted by atomic mass is 32.2. The molecule has 0 radical (unpaired) electrons. The van der Waals surface area contributed by atoms with Gasteiger partial charge in [-0.05, 0) is 37.1 Å². The molecule has 2 N–H and O–H groups in total. The summed E-state index contributed by atoms with van der Waals surface area (Å²) in [4.78, 5) is 3.93. The van der Waals surface area contributed by atoms with Crippen LogP contribution in [0.1, 0.15) is 12.5 Å². The van der Waals surface area contributed by atoms with Crippen molar-refractivity contribution in [1.82, 2.24) is 4.98 Å². The number of sulfonamides is 1. The Kier molecular flexibility index (Phi) is 2.90. The van der Waals surface area contributed by atoms with E-state index >= 15 is 0 Å². The summed E-state index contributed by atoms with van der Waals surface area (Å²) < 4.78 is 27.1. The second-order valence-electron chi connectivity index (χ2n) is 4.87. The van der Waals surface area contributed by atoms with E-state index in [1.807, 2.05) is 31.2 Å². The number of nitrogens with two attached hydrogens (primary N) is 1. The maximum Gasteiger partial charge on any atom is 0.268 e. The summed E-state index contributed by atoms with van der Waals surface area (Å²) in [5.74, 6) is 0.0316. The lowest BCUT2D eigenvalue weighted by Gasteiger charge is -2.24. The molecule has 0 aliphatic carbocycles. The van der Waals surface area contributed by atoms with E-state index in [9.17, 15) is 8.42 Å². The molecule has 1 aromatic carbocycles. The number of benzene rings is 1. The number of aromatic nitrogens is 1. The van der Waals surface area contributed by atoms with Gasteiger partial charge in [0.15, 0.2) is 0 Å². The number of pyridine rings is 1. The molecule has 0 bridgehead atoms. The number of nitrogen functional groups attached to an aromatic ring is 1. The van der Waals surface area contributed by atoms with Crippen LogP contribution in [0.15, 0.2) is 47.5 Å². The molecule has 1 unspecified atom stereocenters. The van der Waals surface area contributed by atoms with Crippen molar-refractivity contribution in [3.8, 4) is 0 Å². The topological polar surface area (TPSA) is 76.3 Å². The van der Waals surface area contributed by atoms with Crippen molar-refractivity contribution in [2.45, 2.75) is 24.3 Å². The fraction of sp³-hybridized carbons (Fsp3) is 0.214. The molecule has 6 heteroatoms. The van der Waals surface area contributed by atoms with Gasteiger partial charge in [0.05, 0.1) is 5.69 Å². The third-order valence-electron chi connectivity index (χ3n) is 3.48. The van der Waals surface area contributed by atoms with Crippen LogP contribution in [0.25, 0.3) is 0 Å². The number of anilines is 2. The van der Waals surface area contributed by atoms with Crippen LogP contribution in [-0.4, -0.2) is 19.4 Å². The molecule has 5 nitrogen and oxygen atoms in total. The Balaban J connectivity index is 2.16. The van der Waals surface area contributed by atoms with E-state index in [1.165, 1.54) is 16.6 Å². The first-order chi connectivity index (χ1) is 9.51. The van der Waals surface area contributed by atoms with Gasteiger partial charge in [-0.15, -0.1) is 0 Å². The summed E-state index contributed by atoms with van der Waals surface area (Å²) in [7, 11) is -3.69. The molecule has 1 aliphatic heterocycles. The highest BCUT2D eigenvalue weighted by molar-refractivity contribution is 7.93. The Hall–Kier alpha value is -2.08. The van der Waals surface area contributed by atoms with Crippen molar-refractivity contribution in [3.63, 3.8) is 0 Å². The Morgan fingerprint density at radius 2 is 2.00 bits per heavy atom. The molecular formula is C14H15N3O2S. The fourth-order valence-corrected chi connectivity index (χ4v) is 4.40. The van der Waals surface area contributed by atoms with Crippen LogP contribution in [0.2, 0.25) is 0 Å². The number of hydrogen-bond acceptors (Lipinski definition) is 4. The average molecular weight is 289 g/mol. The minimum absolute atomic E-state index is 0.0316. The maximum atomic E-state index is 12.8. The minimum Gasteiger partial charge on any atom is -0.383 e. The molecule has 0 spiro atoms. The van der Waals surface area contributed by atoms with Crippen molar-refractivity contribution in [1.29, 1.82) is 0 Å². The Labute approximate surface area is 118 Å². The van der Waals surface area contributed by atoms with Crippen LogP contribution in [-0.2, 0) is 16.4 Å². The average Bonchev–Trinajstić information content (AvgIpc) is 2.75. The van der Waals surface area contributed by atoms with Crippen molar-refractivity contribution in [2.24, 2.45) is 0 Å². The first kappa shape index (κ1) is 12.9. The molecule has 0 saturated heterocycles. The van der Waals surface area contributed by atoms with Gasteiger partial charge >= 0.3 is 0 Å². The van der Waals surface area contributed by atoms with E-state index in [-0.39, 0.29) is 16.8 Å². The van der Waals surface area contributed by atoms with Crippen molar-refractivity contribution in [3.05, 3.63) is 48.2 Å². The largest absolute Gasteiger partial charge is 0.383 e. The number of rotatable bonds is 2.